The number of aromatic nitrogens is 2. The molecule has 1 fully saturated rings. The molecule has 0 spiro atoms. The summed E-state index contributed by atoms with van der Waals surface area (Å²) < 4.78 is 11.7. The summed E-state index contributed by atoms with van der Waals surface area (Å²) in [7, 11) is 1.42. The van der Waals surface area contributed by atoms with E-state index in [4.69, 9.17) is 9.47 Å². The van der Waals surface area contributed by atoms with E-state index >= 15 is 0 Å². The molecular weight excluding hydrogens is 348 g/mol. The van der Waals surface area contributed by atoms with Gasteiger partial charge in [-0.15, -0.1) is 0 Å². The Morgan fingerprint density at radius 3 is 2.70 bits per heavy atom. The molecule has 0 aliphatic carbocycles. The van der Waals surface area contributed by atoms with Crippen LogP contribution in [0.15, 0.2) is 41.2 Å². The summed E-state index contributed by atoms with van der Waals surface area (Å²) in [6, 6.07) is 10.2. The smallest absolute Gasteiger partial charge is 0.275 e. The van der Waals surface area contributed by atoms with Gasteiger partial charge in [0, 0.05) is 19.6 Å². The Kier molecular flexibility index (Phi) is 6.56. The van der Waals surface area contributed by atoms with Crippen molar-refractivity contribution in [3.63, 3.8) is 0 Å². The summed E-state index contributed by atoms with van der Waals surface area (Å²) in [5.74, 6) is -0.198. The van der Waals surface area contributed by atoms with E-state index < -0.39 is 0 Å². The molecule has 0 atom stereocenters. The van der Waals surface area contributed by atoms with E-state index in [2.05, 4.69) is 15.3 Å². The number of para-hydroxylation sites is 1. The molecule has 144 valence electrons. The van der Waals surface area contributed by atoms with E-state index in [0.717, 1.165) is 39.3 Å². The van der Waals surface area contributed by atoms with E-state index in [9.17, 15) is 9.59 Å². The van der Waals surface area contributed by atoms with E-state index in [1.165, 1.54) is 17.9 Å². The molecule has 0 radical (unpaired) electrons. The van der Waals surface area contributed by atoms with Crippen LogP contribution in [0.2, 0.25) is 0 Å². The maximum atomic E-state index is 12.6. The second kappa shape index (κ2) is 9.29. The van der Waals surface area contributed by atoms with Gasteiger partial charge < -0.3 is 14.8 Å². The number of morpholine rings is 1. The van der Waals surface area contributed by atoms with Crippen LogP contribution in [0.4, 0.5) is 0 Å². The first kappa shape index (κ1) is 19.1. The molecule has 8 nitrogen and oxygen atoms in total. The van der Waals surface area contributed by atoms with Gasteiger partial charge in [0.05, 0.1) is 32.1 Å². The summed E-state index contributed by atoms with van der Waals surface area (Å²) >= 11 is 0. The summed E-state index contributed by atoms with van der Waals surface area (Å²) in [6.45, 7) is 4.78. The lowest BCUT2D eigenvalue weighted by Crippen LogP contribution is -2.38. The Morgan fingerprint density at radius 2 is 2.00 bits per heavy atom. The lowest BCUT2D eigenvalue weighted by atomic mass is 10.3. The number of hydrogen-bond donors (Lipinski definition) is 1. The number of carbonyl (C=O) groups excluding carboxylic acids is 1. The summed E-state index contributed by atoms with van der Waals surface area (Å²) in [6.07, 6.45) is 0.826. The molecule has 3 rings (SSSR count). The number of nitrogens with one attached hydrogen (secondary N) is 1. The predicted octanol–water partition coefficient (Wildman–Crippen LogP) is 0.693. The minimum atomic E-state index is -0.362. The number of amides is 1. The maximum absolute atomic E-state index is 12.6. The van der Waals surface area contributed by atoms with Gasteiger partial charge in [-0.1, -0.05) is 18.2 Å². The van der Waals surface area contributed by atoms with Crippen LogP contribution in [0.5, 0.6) is 5.75 Å². The molecular formula is C19H24N4O4. The Labute approximate surface area is 157 Å². The van der Waals surface area contributed by atoms with Crippen molar-refractivity contribution in [1.82, 2.24) is 20.0 Å². The zero-order valence-electron chi connectivity index (χ0n) is 15.4. The quantitative estimate of drug-likeness (QED) is 0.720. The van der Waals surface area contributed by atoms with Gasteiger partial charge in [0.2, 0.25) is 0 Å². The Bertz CT molecular complexity index is 816. The van der Waals surface area contributed by atoms with Crippen molar-refractivity contribution in [3.8, 4) is 11.4 Å². The van der Waals surface area contributed by atoms with Crippen molar-refractivity contribution in [1.29, 1.82) is 0 Å². The second-order valence-electron chi connectivity index (χ2n) is 6.21. The third kappa shape index (κ3) is 4.93. The lowest BCUT2D eigenvalue weighted by molar-refractivity contribution is 0.0374. The third-order valence-corrected chi connectivity index (χ3v) is 4.37. The van der Waals surface area contributed by atoms with Gasteiger partial charge in [0.15, 0.2) is 11.4 Å². The number of carbonyl (C=O) groups is 1. The zero-order chi connectivity index (χ0) is 19.1. The SMILES string of the molecule is COc1cc(=O)n(-c2ccccc2)nc1C(=O)NCCCN1CCOCC1. The molecule has 1 amide bonds. The highest BCUT2D eigenvalue weighted by molar-refractivity contribution is 5.94. The molecule has 1 aromatic heterocycles. The van der Waals surface area contributed by atoms with Crippen molar-refractivity contribution < 1.29 is 14.3 Å². The van der Waals surface area contributed by atoms with Crippen LogP contribution < -0.4 is 15.6 Å². The van der Waals surface area contributed by atoms with Crippen LogP contribution in [0, 0.1) is 0 Å². The number of ether oxygens (including phenoxy) is 2. The first-order valence-electron chi connectivity index (χ1n) is 9.01. The Balaban J connectivity index is 1.66. The van der Waals surface area contributed by atoms with Crippen molar-refractivity contribution in [2.24, 2.45) is 0 Å². The molecule has 0 unspecified atom stereocenters. The molecule has 1 aromatic carbocycles. The second-order valence-corrected chi connectivity index (χ2v) is 6.21. The molecule has 0 bridgehead atoms. The Hall–Kier alpha value is -2.71. The van der Waals surface area contributed by atoms with Crippen LogP contribution in [-0.2, 0) is 4.74 Å². The van der Waals surface area contributed by atoms with E-state index in [1.807, 2.05) is 6.07 Å². The molecule has 1 N–H and O–H groups in total. The minimum Gasteiger partial charge on any atom is -0.494 e. The average molecular weight is 372 g/mol. The van der Waals surface area contributed by atoms with Crippen molar-refractivity contribution >= 4 is 5.91 Å². The van der Waals surface area contributed by atoms with Crippen LogP contribution in [0.1, 0.15) is 16.9 Å². The number of rotatable bonds is 7. The third-order valence-electron chi connectivity index (χ3n) is 4.37. The highest BCUT2D eigenvalue weighted by Gasteiger charge is 2.18. The normalized spacial score (nSPS) is 14.7. The zero-order valence-corrected chi connectivity index (χ0v) is 15.4. The van der Waals surface area contributed by atoms with Crippen molar-refractivity contribution in [3.05, 3.63) is 52.4 Å². The fraction of sp³-hybridized carbons (Fsp3) is 0.421. The summed E-state index contributed by atoms with van der Waals surface area (Å²) in [4.78, 5) is 27.2. The van der Waals surface area contributed by atoms with Crippen molar-refractivity contribution in [2.75, 3.05) is 46.5 Å². The fourth-order valence-electron chi connectivity index (χ4n) is 2.92. The Morgan fingerprint density at radius 1 is 1.26 bits per heavy atom. The number of methoxy groups -OCH3 is 1. The molecule has 2 heterocycles. The van der Waals surface area contributed by atoms with Crippen LogP contribution >= 0.6 is 0 Å². The van der Waals surface area contributed by atoms with E-state index in [-0.39, 0.29) is 22.9 Å². The molecule has 1 aliphatic heterocycles. The standard InChI is InChI=1S/C19H24N4O4/c1-26-16-14-17(24)23(15-6-3-2-4-7-15)21-18(16)19(25)20-8-5-9-22-10-12-27-13-11-22/h2-4,6-7,14H,5,8-13H2,1H3,(H,20,25). The number of hydrogen-bond acceptors (Lipinski definition) is 6. The van der Waals surface area contributed by atoms with Gasteiger partial charge in [0.25, 0.3) is 11.5 Å². The van der Waals surface area contributed by atoms with Gasteiger partial charge in [0.1, 0.15) is 0 Å². The summed E-state index contributed by atoms with van der Waals surface area (Å²) in [5, 5.41) is 7.08. The molecule has 2 aromatic rings. The van der Waals surface area contributed by atoms with Gasteiger partial charge in [-0.05, 0) is 25.1 Å². The highest BCUT2D eigenvalue weighted by atomic mass is 16.5. The topological polar surface area (TPSA) is 85.7 Å². The first-order valence-corrected chi connectivity index (χ1v) is 9.01. The fourth-order valence-corrected chi connectivity index (χ4v) is 2.92. The molecule has 0 saturated carbocycles. The van der Waals surface area contributed by atoms with Gasteiger partial charge in [-0.3, -0.25) is 14.5 Å². The number of nitrogens with zero attached hydrogens (tertiary/aromatic N) is 3. The van der Waals surface area contributed by atoms with E-state index in [1.54, 1.807) is 24.3 Å². The van der Waals surface area contributed by atoms with Crippen LogP contribution in [0.25, 0.3) is 5.69 Å². The highest BCUT2D eigenvalue weighted by Crippen LogP contribution is 2.14. The molecule has 27 heavy (non-hydrogen) atoms. The maximum Gasteiger partial charge on any atom is 0.275 e. The molecule has 8 heteroatoms. The van der Waals surface area contributed by atoms with Gasteiger partial charge >= 0.3 is 0 Å². The lowest BCUT2D eigenvalue weighted by Gasteiger charge is -2.26. The summed E-state index contributed by atoms with van der Waals surface area (Å²) in [5.41, 5.74) is 0.320. The van der Waals surface area contributed by atoms with Crippen LogP contribution in [0.3, 0.4) is 0 Å². The monoisotopic (exact) mass is 372 g/mol. The number of benzene rings is 1. The molecule has 1 saturated heterocycles. The molecule has 1 aliphatic rings. The van der Waals surface area contributed by atoms with Crippen LogP contribution in [-0.4, -0.2) is 67.1 Å². The first-order chi connectivity index (χ1) is 13.2. The van der Waals surface area contributed by atoms with E-state index in [0.29, 0.717) is 12.2 Å². The average Bonchev–Trinajstić information content (AvgIpc) is 2.72. The predicted molar refractivity (Wildman–Crippen MR) is 101 cm³/mol. The minimum absolute atomic E-state index is 0.0901. The van der Waals surface area contributed by atoms with Gasteiger partial charge in [-0.2, -0.15) is 9.78 Å². The van der Waals surface area contributed by atoms with Crippen molar-refractivity contribution in [2.45, 2.75) is 6.42 Å². The largest absolute Gasteiger partial charge is 0.494 e. The van der Waals surface area contributed by atoms with Gasteiger partial charge in [-0.25, -0.2) is 0 Å².